The van der Waals surface area contributed by atoms with Gasteiger partial charge >= 0.3 is 0 Å². The van der Waals surface area contributed by atoms with Crippen LogP contribution in [0.1, 0.15) is 36.0 Å². The first kappa shape index (κ1) is 13.4. The average Bonchev–Trinajstić information content (AvgIpc) is 2.88. The molecule has 0 bridgehead atoms. The summed E-state index contributed by atoms with van der Waals surface area (Å²) in [6, 6.07) is 5.26. The van der Waals surface area contributed by atoms with E-state index in [0.29, 0.717) is 11.3 Å². The number of hydroxylamine groups is 1. The maximum Gasteiger partial charge on any atom is 0.278 e. The molecule has 2 rings (SSSR count). The molecular formula is C13H16BrNO3. The minimum atomic E-state index is -0.272. The summed E-state index contributed by atoms with van der Waals surface area (Å²) < 4.78 is 6.04. The molecule has 4 nitrogen and oxygen atoms in total. The van der Waals surface area contributed by atoms with Crippen molar-refractivity contribution in [2.75, 3.05) is 7.11 Å². The topological polar surface area (TPSA) is 47.6 Å². The highest BCUT2D eigenvalue weighted by atomic mass is 79.9. The number of hydrogen-bond donors (Lipinski definition) is 1. The summed E-state index contributed by atoms with van der Waals surface area (Å²) in [5.41, 5.74) is 2.97. The lowest BCUT2D eigenvalue weighted by molar-refractivity contribution is -0.0126. The van der Waals surface area contributed by atoms with Gasteiger partial charge in [-0.15, -0.1) is 0 Å². The second kappa shape index (κ2) is 6.20. The molecule has 0 spiro atoms. The van der Waals surface area contributed by atoms with Crippen LogP contribution in [0, 0.1) is 0 Å². The van der Waals surface area contributed by atoms with Gasteiger partial charge in [0.1, 0.15) is 5.75 Å². The lowest BCUT2D eigenvalue weighted by atomic mass is 10.2. The van der Waals surface area contributed by atoms with Crippen LogP contribution in [0.25, 0.3) is 0 Å². The van der Waals surface area contributed by atoms with Crippen molar-refractivity contribution in [3.63, 3.8) is 0 Å². The van der Waals surface area contributed by atoms with Crippen LogP contribution in [0.4, 0.5) is 0 Å². The molecule has 98 valence electrons. The van der Waals surface area contributed by atoms with Crippen LogP contribution < -0.4 is 10.2 Å². The highest BCUT2D eigenvalue weighted by molar-refractivity contribution is 9.10. The molecule has 1 fully saturated rings. The second-order valence-electron chi connectivity index (χ2n) is 4.30. The minimum Gasteiger partial charge on any atom is -0.496 e. The first-order valence-electron chi connectivity index (χ1n) is 6.00. The number of rotatable bonds is 4. The van der Waals surface area contributed by atoms with Gasteiger partial charge in [-0.25, -0.2) is 5.48 Å². The lowest BCUT2D eigenvalue weighted by Crippen LogP contribution is -2.28. The number of nitrogens with one attached hydrogen (secondary N) is 1. The third-order valence-electron chi connectivity index (χ3n) is 3.03. The van der Waals surface area contributed by atoms with Crippen molar-refractivity contribution in [1.82, 2.24) is 5.48 Å². The highest BCUT2D eigenvalue weighted by Gasteiger charge is 2.18. The fourth-order valence-electron chi connectivity index (χ4n) is 2.05. The van der Waals surface area contributed by atoms with Crippen molar-refractivity contribution < 1.29 is 14.4 Å². The van der Waals surface area contributed by atoms with E-state index in [1.54, 1.807) is 18.2 Å². The minimum absolute atomic E-state index is 0.149. The number of ether oxygens (including phenoxy) is 1. The molecule has 5 heteroatoms. The summed E-state index contributed by atoms with van der Waals surface area (Å²) in [7, 11) is 1.54. The Morgan fingerprint density at radius 3 is 2.78 bits per heavy atom. The molecule has 0 unspecified atom stereocenters. The fourth-order valence-corrected chi connectivity index (χ4v) is 2.39. The van der Waals surface area contributed by atoms with Gasteiger partial charge in [-0.05, 0) is 31.0 Å². The van der Waals surface area contributed by atoms with Crippen LogP contribution in [0.15, 0.2) is 22.7 Å². The molecule has 0 aromatic heterocycles. The van der Waals surface area contributed by atoms with Crippen LogP contribution in [-0.4, -0.2) is 19.1 Å². The third kappa shape index (κ3) is 3.23. The van der Waals surface area contributed by atoms with Crippen molar-refractivity contribution in [2.45, 2.75) is 31.8 Å². The molecule has 18 heavy (non-hydrogen) atoms. The predicted octanol–water partition coefficient (Wildman–Crippen LogP) is 3.06. The summed E-state index contributed by atoms with van der Waals surface area (Å²) >= 11 is 3.34. The van der Waals surface area contributed by atoms with E-state index in [4.69, 9.17) is 9.57 Å². The Kier molecular flexibility index (Phi) is 4.60. The summed E-state index contributed by atoms with van der Waals surface area (Å²) in [5.74, 6) is 0.253. The molecule has 1 aromatic carbocycles. The molecular weight excluding hydrogens is 298 g/mol. The zero-order chi connectivity index (χ0) is 13.0. The summed E-state index contributed by atoms with van der Waals surface area (Å²) in [6.07, 6.45) is 4.51. The normalized spacial score (nSPS) is 15.7. The van der Waals surface area contributed by atoms with Crippen molar-refractivity contribution in [1.29, 1.82) is 0 Å². The van der Waals surface area contributed by atoms with Gasteiger partial charge in [0.2, 0.25) is 0 Å². The van der Waals surface area contributed by atoms with Gasteiger partial charge in [0, 0.05) is 4.47 Å². The second-order valence-corrected chi connectivity index (χ2v) is 5.22. The van der Waals surface area contributed by atoms with Crippen molar-refractivity contribution in [2.24, 2.45) is 0 Å². The van der Waals surface area contributed by atoms with Gasteiger partial charge in [-0.2, -0.15) is 0 Å². The smallest absolute Gasteiger partial charge is 0.278 e. The Hall–Kier alpha value is -1.07. The molecule has 1 amide bonds. The van der Waals surface area contributed by atoms with E-state index in [1.165, 1.54) is 20.0 Å². The number of methoxy groups -OCH3 is 1. The largest absolute Gasteiger partial charge is 0.496 e. The van der Waals surface area contributed by atoms with Gasteiger partial charge in [0.25, 0.3) is 5.91 Å². The van der Waals surface area contributed by atoms with Crippen molar-refractivity contribution in [3.8, 4) is 5.75 Å². The predicted molar refractivity (Wildman–Crippen MR) is 71.5 cm³/mol. The number of halogens is 1. The van der Waals surface area contributed by atoms with E-state index < -0.39 is 0 Å². The Morgan fingerprint density at radius 1 is 1.39 bits per heavy atom. The van der Waals surface area contributed by atoms with E-state index in [-0.39, 0.29) is 12.0 Å². The molecule has 0 saturated heterocycles. The summed E-state index contributed by atoms with van der Waals surface area (Å²) in [5, 5.41) is 0. The zero-order valence-electron chi connectivity index (χ0n) is 10.2. The molecule has 0 heterocycles. The average molecular weight is 314 g/mol. The van der Waals surface area contributed by atoms with Crippen LogP contribution in [0.2, 0.25) is 0 Å². The summed E-state index contributed by atoms with van der Waals surface area (Å²) in [4.78, 5) is 17.3. The van der Waals surface area contributed by atoms with Crippen molar-refractivity contribution >= 4 is 21.8 Å². The van der Waals surface area contributed by atoms with Crippen LogP contribution in [0.3, 0.4) is 0 Å². The van der Waals surface area contributed by atoms with E-state index in [1.807, 2.05) is 0 Å². The highest BCUT2D eigenvalue weighted by Crippen LogP contribution is 2.24. The Morgan fingerprint density at radius 2 is 2.11 bits per heavy atom. The molecule has 1 aliphatic carbocycles. The maximum absolute atomic E-state index is 12.0. The van der Waals surface area contributed by atoms with Gasteiger partial charge in [-0.1, -0.05) is 28.8 Å². The van der Waals surface area contributed by atoms with Crippen molar-refractivity contribution in [3.05, 3.63) is 28.2 Å². The maximum atomic E-state index is 12.0. The van der Waals surface area contributed by atoms with Gasteiger partial charge in [0.15, 0.2) is 0 Å². The third-order valence-corrected chi connectivity index (χ3v) is 3.52. The Bertz CT molecular complexity index is 430. The van der Waals surface area contributed by atoms with E-state index in [0.717, 1.165) is 17.3 Å². The molecule has 1 N–H and O–H groups in total. The van der Waals surface area contributed by atoms with Crippen LogP contribution in [-0.2, 0) is 4.84 Å². The van der Waals surface area contributed by atoms with Crippen LogP contribution >= 0.6 is 15.9 Å². The Balaban J connectivity index is 1.99. The quantitative estimate of drug-likeness (QED) is 0.869. The summed E-state index contributed by atoms with van der Waals surface area (Å²) in [6.45, 7) is 0. The standard InChI is InChI=1S/C13H16BrNO3/c1-17-12-8-9(14)6-7-11(12)13(16)15-18-10-4-2-3-5-10/h6-8,10H,2-5H2,1H3,(H,15,16). The fraction of sp³-hybridized carbons (Fsp3) is 0.462. The first-order chi connectivity index (χ1) is 8.70. The van der Waals surface area contributed by atoms with E-state index >= 15 is 0 Å². The SMILES string of the molecule is COc1cc(Br)ccc1C(=O)NOC1CCCC1. The Labute approximate surface area is 115 Å². The van der Waals surface area contributed by atoms with Crippen LogP contribution in [0.5, 0.6) is 5.75 Å². The molecule has 1 aliphatic rings. The molecule has 0 aliphatic heterocycles. The number of carbonyl (C=O) groups excluding carboxylic acids is 1. The molecule has 1 aromatic rings. The number of benzene rings is 1. The molecule has 0 atom stereocenters. The first-order valence-corrected chi connectivity index (χ1v) is 6.79. The molecule has 0 radical (unpaired) electrons. The van der Waals surface area contributed by atoms with Gasteiger partial charge < -0.3 is 4.74 Å². The lowest BCUT2D eigenvalue weighted by Gasteiger charge is -2.13. The number of amides is 1. The van der Waals surface area contributed by atoms with E-state index in [9.17, 15) is 4.79 Å². The van der Waals surface area contributed by atoms with Gasteiger partial charge in [0.05, 0.1) is 18.8 Å². The molecule has 1 saturated carbocycles. The zero-order valence-corrected chi connectivity index (χ0v) is 11.8. The number of carbonyl (C=O) groups is 1. The number of hydrogen-bond acceptors (Lipinski definition) is 3. The van der Waals surface area contributed by atoms with Gasteiger partial charge in [-0.3, -0.25) is 9.63 Å². The monoisotopic (exact) mass is 313 g/mol. The van der Waals surface area contributed by atoms with E-state index in [2.05, 4.69) is 21.4 Å².